The van der Waals surface area contributed by atoms with Crippen molar-refractivity contribution in [2.75, 3.05) is 0 Å². The van der Waals surface area contributed by atoms with Crippen molar-refractivity contribution in [1.82, 2.24) is 0 Å². The molecule has 0 heterocycles. The molecule has 4 nitrogen and oxygen atoms in total. The van der Waals surface area contributed by atoms with E-state index in [4.69, 9.17) is 0 Å². The number of esters is 1. The highest BCUT2D eigenvalue weighted by Crippen LogP contribution is 2.03. The summed E-state index contributed by atoms with van der Waals surface area (Å²) >= 11 is 0. The van der Waals surface area contributed by atoms with Crippen LogP contribution in [-0.2, 0) is 19.1 Å². The molecule has 1 atom stereocenters. The average Bonchev–Trinajstić information content (AvgIpc) is 2.00. The zero-order valence-corrected chi connectivity index (χ0v) is 7.92. The van der Waals surface area contributed by atoms with Gasteiger partial charge in [0.1, 0.15) is 0 Å². The lowest BCUT2D eigenvalue weighted by atomic mass is 10.1. The summed E-state index contributed by atoms with van der Waals surface area (Å²) < 4.78 is 4.58. The first-order valence-corrected chi connectivity index (χ1v) is 3.77. The van der Waals surface area contributed by atoms with Crippen molar-refractivity contribution in [3.8, 4) is 0 Å². The topological polar surface area (TPSA) is 60.4 Å². The summed E-state index contributed by atoms with van der Waals surface area (Å²) in [6, 6.07) is 0. The maximum atomic E-state index is 11.2. The fourth-order valence-electron chi connectivity index (χ4n) is 0.721. The van der Waals surface area contributed by atoms with Crippen molar-refractivity contribution >= 4 is 17.5 Å². The van der Waals surface area contributed by atoms with Crippen LogP contribution in [-0.4, -0.2) is 23.6 Å². The lowest BCUT2D eigenvalue weighted by Gasteiger charge is -2.10. The second-order valence-corrected chi connectivity index (χ2v) is 2.65. The highest BCUT2D eigenvalue weighted by Gasteiger charge is 2.21. The van der Waals surface area contributed by atoms with Gasteiger partial charge in [-0.15, -0.1) is 0 Å². The molecule has 0 aliphatic carbocycles. The van der Waals surface area contributed by atoms with Gasteiger partial charge in [0.2, 0.25) is 5.78 Å². The van der Waals surface area contributed by atoms with E-state index < -0.39 is 23.6 Å². The Hall–Kier alpha value is -1.45. The van der Waals surface area contributed by atoms with E-state index in [1.165, 1.54) is 20.8 Å². The van der Waals surface area contributed by atoms with Crippen molar-refractivity contribution < 1.29 is 19.1 Å². The first-order chi connectivity index (χ1) is 5.86. The zero-order valence-electron chi connectivity index (χ0n) is 7.92. The lowest BCUT2D eigenvalue weighted by Crippen LogP contribution is -2.26. The molecule has 4 heteroatoms. The molecule has 0 fully saturated rings. The molecule has 0 bridgehead atoms. The monoisotopic (exact) mass is 184 g/mol. The van der Waals surface area contributed by atoms with Gasteiger partial charge < -0.3 is 4.74 Å². The summed E-state index contributed by atoms with van der Waals surface area (Å²) in [7, 11) is 0. The van der Waals surface area contributed by atoms with Crippen LogP contribution in [0.15, 0.2) is 12.2 Å². The van der Waals surface area contributed by atoms with Gasteiger partial charge >= 0.3 is 5.97 Å². The number of ether oxygens (including phenoxy) is 1. The molecule has 0 aliphatic heterocycles. The number of Topliss-reactive ketones (excluding diaryl/α,β-unsaturated/α-hetero) is 2. The molecule has 0 N–H and O–H groups in total. The number of rotatable bonds is 4. The summed E-state index contributed by atoms with van der Waals surface area (Å²) in [6.07, 6.45) is -0.936. The summed E-state index contributed by atoms with van der Waals surface area (Å²) in [5.41, 5.74) is -0.145. The Balaban J connectivity index is 4.34. The molecule has 0 saturated carbocycles. The molecular weight excluding hydrogens is 172 g/mol. The number of carbonyl (C=O) groups is 3. The third kappa shape index (κ3) is 3.64. The largest absolute Gasteiger partial charge is 0.454 e. The van der Waals surface area contributed by atoms with E-state index in [1.807, 2.05) is 0 Å². The second kappa shape index (κ2) is 4.54. The molecule has 1 unspecified atom stereocenters. The zero-order chi connectivity index (χ0) is 10.6. The number of hydrogen-bond acceptors (Lipinski definition) is 4. The third-order valence-electron chi connectivity index (χ3n) is 1.43. The summed E-state index contributed by atoms with van der Waals surface area (Å²) in [4.78, 5) is 32.4. The van der Waals surface area contributed by atoms with Crippen LogP contribution in [0.5, 0.6) is 0 Å². The Labute approximate surface area is 76.6 Å². The third-order valence-corrected chi connectivity index (χ3v) is 1.43. The summed E-state index contributed by atoms with van der Waals surface area (Å²) in [6.45, 7) is 7.12. The van der Waals surface area contributed by atoms with Crippen molar-refractivity contribution in [3.63, 3.8) is 0 Å². The molecule has 0 rings (SSSR count). The van der Waals surface area contributed by atoms with E-state index in [-0.39, 0.29) is 5.57 Å². The fraction of sp³-hybridized carbons (Fsp3) is 0.444. The van der Waals surface area contributed by atoms with Crippen LogP contribution in [0.2, 0.25) is 0 Å². The maximum Gasteiger partial charge on any atom is 0.303 e. The van der Waals surface area contributed by atoms with Gasteiger partial charge in [-0.3, -0.25) is 14.4 Å². The Morgan fingerprint density at radius 1 is 1.23 bits per heavy atom. The van der Waals surface area contributed by atoms with Crippen LogP contribution in [0.1, 0.15) is 20.8 Å². The standard InChI is InChI=1S/C9H12O4/c1-5(6(2)10)9(12)7(3)13-8(4)11/h7H,1H2,2-4H3. The van der Waals surface area contributed by atoms with E-state index in [2.05, 4.69) is 11.3 Å². The molecule has 0 aromatic heterocycles. The average molecular weight is 184 g/mol. The Bertz CT molecular complexity index is 265. The van der Waals surface area contributed by atoms with Gasteiger partial charge in [-0.2, -0.15) is 0 Å². The van der Waals surface area contributed by atoms with Gasteiger partial charge in [0.15, 0.2) is 11.9 Å². The quantitative estimate of drug-likeness (QED) is 0.278. The molecular formula is C9H12O4. The first kappa shape index (κ1) is 11.6. The Morgan fingerprint density at radius 2 is 1.69 bits per heavy atom. The Kier molecular flexibility index (Phi) is 4.04. The maximum absolute atomic E-state index is 11.2. The van der Waals surface area contributed by atoms with Gasteiger partial charge in [0.05, 0.1) is 5.57 Å². The van der Waals surface area contributed by atoms with E-state index in [0.717, 1.165) is 0 Å². The number of ketones is 2. The smallest absolute Gasteiger partial charge is 0.303 e. The molecule has 0 aliphatic rings. The molecule has 0 amide bonds. The molecule has 0 spiro atoms. The van der Waals surface area contributed by atoms with Crippen LogP contribution in [0.4, 0.5) is 0 Å². The second-order valence-electron chi connectivity index (χ2n) is 2.65. The molecule has 0 radical (unpaired) electrons. The SMILES string of the molecule is C=C(C(C)=O)C(=O)C(C)OC(C)=O. The Morgan fingerprint density at radius 3 is 2.00 bits per heavy atom. The minimum Gasteiger partial charge on any atom is -0.454 e. The summed E-state index contributed by atoms with van der Waals surface area (Å²) in [5.74, 6) is -1.52. The van der Waals surface area contributed by atoms with E-state index in [0.29, 0.717) is 0 Å². The summed E-state index contributed by atoms with van der Waals surface area (Å²) in [5, 5.41) is 0. The highest BCUT2D eigenvalue weighted by atomic mass is 16.5. The van der Waals surface area contributed by atoms with Gasteiger partial charge in [-0.1, -0.05) is 6.58 Å². The van der Waals surface area contributed by atoms with E-state index >= 15 is 0 Å². The molecule has 13 heavy (non-hydrogen) atoms. The first-order valence-electron chi connectivity index (χ1n) is 3.77. The van der Waals surface area contributed by atoms with Crippen molar-refractivity contribution in [3.05, 3.63) is 12.2 Å². The molecule has 72 valence electrons. The normalized spacial score (nSPS) is 11.6. The molecule has 0 aromatic carbocycles. The minimum atomic E-state index is -0.936. The number of carbonyl (C=O) groups excluding carboxylic acids is 3. The van der Waals surface area contributed by atoms with E-state index in [9.17, 15) is 14.4 Å². The van der Waals surface area contributed by atoms with Gasteiger partial charge in [-0.05, 0) is 13.8 Å². The fourth-order valence-corrected chi connectivity index (χ4v) is 0.721. The number of hydrogen-bond donors (Lipinski definition) is 0. The predicted octanol–water partition coefficient (Wildman–Crippen LogP) is 0.652. The van der Waals surface area contributed by atoms with Crippen LogP contribution < -0.4 is 0 Å². The van der Waals surface area contributed by atoms with Crippen molar-refractivity contribution in [2.45, 2.75) is 26.9 Å². The van der Waals surface area contributed by atoms with Gasteiger partial charge in [0.25, 0.3) is 0 Å². The molecule has 0 saturated heterocycles. The van der Waals surface area contributed by atoms with Crippen LogP contribution in [0.3, 0.4) is 0 Å². The van der Waals surface area contributed by atoms with Gasteiger partial charge in [-0.25, -0.2) is 0 Å². The van der Waals surface area contributed by atoms with Crippen LogP contribution in [0.25, 0.3) is 0 Å². The van der Waals surface area contributed by atoms with Crippen molar-refractivity contribution in [2.24, 2.45) is 0 Å². The van der Waals surface area contributed by atoms with Crippen molar-refractivity contribution in [1.29, 1.82) is 0 Å². The predicted molar refractivity (Wildman–Crippen MR) is 46.1 cm³/mol. The lowest BCUT2D eigenvalue weighted by molar-refractivity contribution is -0.151. The van der Waals surface area contributed by atoms with Crippen LogP contribution in [0, 0.1) is 0 Å². The van der Waals surface area contributed by atoms with Gasteiger partial charge in [0, 0.05) is 6.92 Å². The minimum absolute atomic E-state index is 0.145. The van der Waals surface area contributed by atoms with E-state index in [1.54, 1.807) is 0 Å². The molecule has 0 aromatic rings. The highest BCUT2D eigenvalue weighted by molar-refractivity contribution is 6.20. The van der Waals surface area contributed by atoms with Crippen LogP contribution >= 0.6 is 0 Å².